The van der Waals surface area contributed by atoms with Gasteiger partial charge < -0.3 is 62.6 Å². The summed E-state index contributed by atoms with van der Waals surface area (Å²) in [6.45, 7) is 3.62. The minimum atomic E-state index is -1.64. The van der Waals surface area contributed by atoms with Crippen molar-refractivity contribution in [2.75, 3.05) is 54.4 Å². The van der Waals surface area contributed by atoms with Gasteiger partial charge in [-0.3, -0.25) is 0 Å². The first-order valence-corrected chi connectivity index (χ1v) is 17.1. The van der Waals surface area contributed by atoms with Gasteiger partial charge in [-0.1, -0.05) is 79.6 Å². The van der Waals surface area contributed by atoms with E-state index in [4.69, 9.17) is 9.47 Å². The molecule has 2 saturated heterocycles. The molecule has 2 aliphatic carbocycles. The number of likely N-dealkylation sites (N-methyl/N-ethyl adjacent to an activating group) is 2. The highest BCUT2D eigenvalue weighted by Gasteiger charge is 2.50. The van der Waals surface area contributed by atoms with Crippen molar-refractivity contribution in [3.05, 3.63) is 83.4 Å². The molecule has 48 heavy (non-hydrogen) atoms. The Hall–Kier alpha value is -2.08. The topological polar surface area (TPSA) is 93.1 Å². The van der Waals surface area contributed by atoms with Crippen molar-refractivity contribution in [1.29, 1.82) is 0 Å². The van der Waals surface area contributed by atoms with Gasteiger partial charge >= 0.3 is 11.9 Å². The van der Waals surface area contributed by atoms with Crippen LogP contribution in [0.5, 0.6) is 0 Å². The second kappa shape index (κ2) is 16.8. The zero-order valence-corrected chi connectivity index (χ0v) is 32.1. The largest absolute Gasteiger partial charge is 1.00 e. The molecule has 2 heterocycles. The van der Waals surface area contributed by atoms with E-state index < -0.39 is 23.1 Å². The van der Waals surface area contributed by atoms with E-state index in [0.717, 1.165) is 98.5 Å². The molecule has 0 spiro atoms. The molecular formula is C38H54Br2N2O6. The van der Waals surface area contributed by atoms with Crippen LogP contribution < -0.4 is 34.0 Å². The van der Waals surface area contributed by atoms with Gasteiger partial charge in [-0.25, -0.2) is 9.59 Å². The first-order valence-electron chi connectivity index (χ1n) is 17.1. The molecule has 266 valence electrons. The number of hydrogen-bond acceptors (Lipinski definition) is 6. The Balaban J connectivity index is 0.000000250. The van der Waals surface area contributed by atoms with Crippen LogP contribution in [0.1, 0.15) is 68.9 Å². The summed E-state index contributed by atoms with van der Waals surface area (Å²) in [4.78, 5) is 25.8. The van der Waals surface area contributed by atoms with Crippen molar-refractivity contribution < 1.29 is 72.2 Å². The fourth-order valence-electron chi connectivity index (χ4n) is 7.79. The predicted octanol–water partition coefficient (Wildman–Crippen LogP) is -1.16. The average molecular weight is 795 g/mol. The molecule has 4 unspecified atom stereocenters. The zero-order chi connectivity index (χ0) is 33.0. The molecule has 3 fully saturated rings. The average Bonchev–Trinajstić information content (AvgIpc) is 3.87. The van der Waals surface area contributed by atoms with E-state index in [2.05, 4.69) is 28.2 Å². The van der Waals surface area contributed by atoms with E-state index in [9.17, 15) is 19.8 Å². The lowest BCUT2D eigenvalue weighted by Crippen LogP contribution is -3.00. The fraction of sp³-hybridized carbons (Fsp3) is 0.579. The van der Waals surface area contributed by atoms with E-state index in [-0.39, 0.29) is 52.1 Å². The highest BCUT2D eigenvalue weighted by Crippen LogP contribution is 2.42. The van der Waals surface area contributed by atoms with Crippen LogP contribution in [0.3, 0.4) is 0 Å². The number of likely N-dealkylation sites (tertiary alicyclic amines) is 2. The molecule has 2 N–H and O–H groups in total. The number of rotatable bonds is 8. The van der Waals surface area contributed by atoms with Crippen molar-refractivity contribution in [2.24, 2.45) is 5.92 Å². The number of nitrogens with zero attached hydrogens (tertiary/aromatic N) is 2. The summed E-state index contributed by atoms with van der Waals surface area (Å²) < 4.78 is 13.2. The molecule has 0 radical (unpaired) electrons. The van der Waals surface area contributed by atoms with Crippen LogP contribution in [0.4, 0.5) is 0 Å². The SMILES string of the molecule is C[N+]1(C)CCC(OC(=O)C(O)(C2=CCCC2)c2ccccc2)C1.C[N+]1(C)CCC(OC(=O)C(O)(c2ccccc2)C2CCCC2)C1.[Br-].[Br-]. The second-order valence-electron chi connectivity index (χ2n) is 15.1. The number of esters is 2. The lowest BCUT2D eigenvalue weighted by atomic mass is 9.80. The zero-order valence-electron chi connectivity index (χ0n) is 29.0. The van der Waals surface area contributed by atoms with Crippen molar-refractivity contribution in [3.63, 3.8) is 0 Å². The highest BCUT2D eigenvalue weighted by atomic mass is 79.9. The van der Waals surface area contributed by atoms with E-state index in [1.807, 2.05) is 54.6 Å². The quantitative estimate of drug-likeness (QED) is 0.199. The summed E-state index contributed by atoms with van der Waals surface area (Å²) in [7, 11) is 8.57. The van der Waals surface area contributed by atoms with Gasteiger partial charge in [-0.05, 0) is 48.8 Å². The number of carbonyl (C=O) groups is 2. The molecule has 1 saturated carbocycles. The molecule has 2 aliphatic heterocycles. The summed E-state index contributed by atoms with van der Waals surface area (Å²) in [5.41, 5.74) is -1.09. The van der Waals surface area contributed by atoms with E-state index >= 15 is 0 Å². The molecule has 4 aliphatic rings. The summed E-state index contributed by atoms with van der Waals surface area (Å²) >= 11 is 0. The predicted molar refractivity (Wildman–Crippen MR) is 177 cm³/mol. The number of aliphatic hydroxyl groups is 2. The number of hydrogen-bond donors (Lipinski definition) is 2. The Morgan fingerprint density at radius 2 is 1.17 bits per heavy atom. The molecule has 4 atom stereocenters. The third kappa shape index (κ3) is 9.17. The Kier molecular flexibility index (Phi) is 14.1. The number of allylic oxidation sites excluding steroid dienone is 1. The van der Waals surface area contributed by atoms with Crippen LogP contribution >= 0.6 is 0 Å². The Bertz CT molecular complexity index is 1380. The first-order chi connectivity index (χ1) is 21.8. The third-order valence-electron chi connectivity index (χ3n) is 10.5. The fourth-order valence-corrected chi connectivity index (χ4v) is 7.79. The lowest BCUT2D eigenvalue weighted by molar-refractivity contribution is -0.879. The van der Waals surface area contributed by atoms with Crippen molar-refractivity contribution in [2.45, 2.75) is 81.2 Å². The minimum absolute atomic E-state index is 0. The van der Waals surface area contributed by atoms with Gasteiger partial charge in [-0.15, -0.1) is 0 Å². The van der Waals surface area contributed by atoms with Gasteiger partial charge in [-0.2, -0.15) is 0 Å². The number of benzene rings is 2. The molecule has 6 rings (SSSR count). The first kappa shape index (κ1) is 40.4. The number of halogens is 2. The Morgan fingerprint density at radius 3 is 1.60 bits per heavy atom. The van der Waals surface area contributed by atoms with Gasteiger partial charge in [0.2, 0.25) is 5.60 Å². The highest BCUT2D eigenvalue weighted by molar-refractivity contribution is 5.85. The standard InChI is InChI=1S/C19H28NO3.C19H26NO3.2BrH/c2*1-20(2)13-12-17(14-20)23-18(21)19(22,16-10-6-7-11-16)15-8-4-3-5-9-15;;/h3-5,8-9,16-17,22H,6-7,10-14H2,1-2H3;3-5,8-10,17,22H,6-7,11-14H2,1-2H3;2*1H/q2*+1;;/p-2. The van der Waals surface area contributed by atoms with E-state index in [1.54, 1.807) is 12.1 Å². The number of carbonyl (C=O) groups excluding carboxylic acids is 2. The minimum Gasteiger partial charge on any atom is -1.00 e. The molecule has 2 aromatic carbocycles. The maximum Gasteiger partial charge on any atom is 0.347 e. The van der Waals surface area contributed by atoms with Crippen LogP contribution in [0.15, 0.2) is 72.3 Å². The van der Waals surface area contributed by atoms with E-state index in [1.165, 1.54) is 0 Å². The molecule has 10 heteroatoms. The summed E-state index contributed by atoms with van der Waals surface area (Å²) in [5.74, 6) is -1.02. The molecule has 8 nitrogen and oxygen atoms in total. The van der Waals surface area contributed by atoms with Gasteiger partial charge in [0.25, 0.3) is 0 Å². The molecule has 2 aromatic rings. The summed E-state index contributed by atoms with van der Waals surface area (Å²) in [6, 6.07) is 18.5. The summed E-state index contributed by atoms with van der Waals surface area (Å²) in [6.07, 6.45) is 10.0. The molecule has 0 amide bonds. The van der Waals surface area contributed by atoms with Crippen LogP contribution in [-0.2, 0) is 30.3 Å². The van der Waals surface area contributed by atoms with Crippen LogP contribution in [-0.4, -0.2) is 97.7 Å². The number of quaternary nitrogens is 2. The monoisotopic (exact) mass is 792 g/mol. The normalized spacial score (nSPS) is 25.2. The lowest BCUT2D eigenvalue weighted by Gasteiger charge is -2.33. The van der Waals surface area contributed by atoms with Crippen LogP contribution in [0, 0.1) is 5.92 Å². The molecular weight excluding hydrogens is 740 g/mol. The van der Waals surface area contributed by atoms with Gasteiger partial charge in [0.1, 0.15) is 13.1 Å². The third-order valence-corrected chi connectivity index (χ3v) is 10.5. The maximum absolute atomic E-state index is 12.9. The molecule has 0 bridgehead atoms. The van der Waals surface area contributed by atoms with Crippen LogP contribution in [0.2, 0.25) is 0 Å². The van der Waals surface area contributed by atoms with Crippen molar-refractivity contribution >= 4 is 11.9 Å². The smallest absolute Gasteiger partial charge is 0.347 e. The second-order valence-corrected chi connectivity index (χ2v) is 15.1. The summed E-state index contributed by atoms with van der Waals surface area (Å²) in [5, 5.41) is 22.7. The van der Waals surface area contributed by atoms with Gasteiger partial charge in [0.05, 0.1) is 41.3 Å². The number of ether oxygens (including phenoxy) is 2. The van der Waals surface area contributed by atoms with Gasteiger partial charge in [0.15, 0.2) is 17.8 Å². The Morgan fingerprint density at radius 1 is 0.688 bits per heavy atom. The van der Waals surface area contributed by atoms with E-state index in [0.29, 0.717) is 11.1 Å². The van der Waals surface area contributed by atoms with Crippen molar-refractivity contribution in [3.8, 4) is 0 Å². The van der Waals surface area contributed by atoms with Gasteiger partial charge in [0, 0.05) is 18.8 Å². The maximum atomic E-state index is 12.9. The van der Waals surface area contributed by atoms with Crippen LogP contribution in [0.25, 0.3) is 0 Å². The van der Waals surface area contributed by atoms with Crippen molar-refractivity contribution in [1.82, 2.24) is 0 Å². The molecule has 0 aromatic heterocycles. The Labute approximate surface area is 307 Å².